The number of nitrogens with one attached hydrogen (secondary N) is 1. The van der Waals surface area contributed by atoms with Crippen LogP contribution in [-0.4, -0.2) is 25.7 Å². The number of rotatable bonds is 4. The van der Waals surface area contributed by atoms with Crippen LogP contribution in [0.15, 0.2) is 41.8 Å². The van der Waals surface area contributed by atoms with Crippen LogP contribution in [0.3, 0.4) is 0 Å². The number of ether oxygens (including phenoxy) is 1. The van der Waals surface area contributed by atoms with Gasteiger partial charge in [0.25, 0.3) is 5.91 Å². The Morgan fingerprint density at radius 2 is 2.00 bits per heavy atom. The molecule has 0 spiro atoms. The summed E-state index contributed by atoms with van der Waals surface area (Å²) >= 11 is 7.84. The van der Waals surface area contributed by atoms with E-state index in [-0.39, 0.29) is 11.3 Å². The van der Waals surface area contributed by atoms with E-state index >= 15 is 0 Å². The van der Waals surface area contributed by atoms with Gasteiger partial charge >= 0.3 is 0 Å². The zero-order valence-electron chi connectivity index (χ0n) is 12.2. The lowest BCUT2D eigenvalue weighted by Gasteiger charge is -2.36. The number of hydrogen-bond donors (Lipinski definition) is 1. The van der Waals surface area contributed by atoms with Crippen molar-refractivity contribution in [3.05, 3.63) is 57.2 Å². The van der Waals surface area contributed by atoms with Crippen molar-refractivity contribution in [1.29, 1.82) is 0 Å². The lowest BCUT2D eigenvalue weighted by molar-refractivity contribution is 0.0499. The fourth-order valence-electron chi connectivity index (χ4n) is 2.84. The molecule has 1 amide bonds. The molecule has 1 aromatic heterocycles. The third-order valence-corrected chi connectivity index (χ3v) is 5.65. The predicted molar refractivity (Wildman–Crippen MR) is 89.8 cm³/mol. The molecule has 1 aliphatic heterocycles. The number of halogens is 1. The summed E-state index contributed by atoms with van der Waals surface area (Å²) in [5.41, 5.74) is 0.501. The van der Waals surface area contributed by atoms with E-state index in [9.17, 15) is 4.79 Å². The maximum atomic E-state index is 12.4. The van der Waals surface area contributed by atoms with Gasteiger partial charge in [-0.15, -0.1) is 11.3 Å². The highest BCUT2D eigenvalue weighted by Gasteiger charge is 2.35. The van der Waals surface area contributed by atoms with E-state index < -0.39 is 0 Å². The van der Waals surface area contributed by atoms with Crippen molar-refractivity contribution < 1.29 is 9.53 Å². The maximum Gasteiger partial charge on any atom is 0.252 e. The molecule has 0 saturated carbocycles. The number of thiophene rings is 1. The molecule has 116 valence electrons. The molecule has 0 unspecified atom stereocenters. The molecule has 0 aliphatic carbocycles. The highest BCUT2D eigenvalue weighted by atomic mass is 35.5. The second-order valence-corrected chi connectivity index (χ2v) is 6.89. The summed E-state index contributed by atoms with van der Waals surface area (Å²) in [6.07, 6.45) is 1.85. The first kappa shape index (κ1) is 15.5. The Kier molecular flexibility index (Phi) is 4.81. The van der Waals surface area contributed by atoms with Gasteiger partial charge < -0.3 is 10.1 Å². The van der Waals surface area contributed by atoms with Gasteiger partial charge in [0.05, 0.1) is 10.6 Å². The van der Waals surface area contributed by atoms with Crippen LogP contribution in [0.2, 0.25) is 5.02 Å². The third-order valence-electron chi connectivity index (χ3n) is 4.20. The normalized spacial score (nSPS) is 17.1. The van der Waals surface area contributed by atoms with Crippen molar-refractivity contribution in [2.24, 2.45) is 0 Å². The monoisotopic (exact) mass is 335 g/mol. The second kappa shape index (κ2) is 6.82. The predicted octanol–water partition coefficient (Wildman–Crippen LogP) is 3.88. The van der Waals surface area contributed by atoms with Gasteiger partial charge in [0.1, 0.15) is 0 Å². The Hall–Kier alpha value is -1.36. The van der Waals surface area contributed by atoms with Crippen molar-refractivity contribution >= 4 is 28.8 Å². The fourth-order valence-corrected chi connectivity index (χ4v) is 4.05. The van der Waals surface area contributed by atoms with E-state index in [2.05, 4.69) is 22.8 Å². The fraction of sp³-hybridized carbons (Fsp3) is 0.353. The minimum absolute atomic E-state index is 0.0245. The summed E-state index contributed by atoms with van der Waals surface area (Å²) in [7, 11) is 0. The van der Waals surface area contributed by atoms with Crippen molar-refractivity contribution in [2.75, 3.05) is 19.8 Å². The van der Waals surface area contributed by atoms with Gasteiger partial charge in [0, 0.05) is 30.1 Å². The molecule has 0 radical (unpaired) electrons. The molecule has 1 fully saturated rings. The molecule has 1 aromatic carbocycles. The zero-order chi connectivity index (χ0) is 15.4. The summed E-state index contributed by atoms with van der Waals surface area (Å²) in [6.45, 7) is 2.08. The molecule has 1 saturated heterocycles. The molecule has 2 aromatic rings. The number of hydrogen-bond acceptors (Lipinski definition) is 3. The van der Waals surface area contributed by atoms with Crippen LogP contribution in [-0.2, 0) is 10.2 Å². The quantitative estimate of drug-likeness (QED) is 0.920. The largest absolute Gasteiger partial charge is 0.381 e. The van der Waals surface area contributed by atoms with E-state index in [1.54, 1.807) is 23.5 Å². The average molecular weight is 336 g/mol. The maximum absolute atomic E-state index is 12.4. The molecule has 22 heavy (non-hydrogen) atoms. The summed E-state index contributed by atoms with van der Waals surface area (Å²) in [4.78, 5) is 13.7. The van der Waals surface area contributed by atoms with E-state index in [1.165, 1.54) is 4.88 Å². The Balaban J connectivity index is 1.75. The van der Waals surface area contributed by atoms with Gasteiger partial charge in [-0.25, -0.2) is 0 Å². The minimum Gasteiger partial charge on any atom is -0.381 e. The van der Waals surface area contributed by atoms with Crippen molar-refractivity contribution in [1.82, 2.24) is 5.32 Å². The number of benzene rings is 1. The Morgan fingerprint density at radius 1 is 1.23 bits per heavy atom. The smallest absolute Gasteiger partial charge is 0.252 e. The topological polar surface area (TPSA) is 38.3 Å². The van der Waals surface area contributed by atoms with Crippen LogP contribution in [0.5, 0.6) is 0 Å². The van der Waals surface area contributed by atoms with Crippen molar-refractivity contribution in [3.8, 4) is 0 Å². The molecular formula is C17H18ClNO2S. The van der Waals surface area contributed by atoms with Crippen LogP contribution in [0, 0.1) is 0 Å². The number of carbonyl (C=O) groups is 1. The third kappa shape index (κ3) is 3.19. The van der Waals surface area contributed by atoms with E-state index in [1.807, 2.05) is 12.1 Å². The SMILES string of the molecule is O=C(NCC1(c2cccs2)CCOCC1)c1ccccc1Cl. The lowest BCUT2D eigenvalue weighted by Crippen LogP contribution is -2.44. The van der Waals surface area contributed by atoms with Gasteiger partial charge in [-0.05, 0) is 36.4 Å². The Bertz CT molecular complexity index is 636. The second-order valence-electron chi connectivity index (χ2n) is 5.53. The first-order valence-electron chi connectivity index (χ1n) is 7.36. The van der Waals surface area contributed by atoms with Gasteiger partial charge in [-0.3, -0.25) is 4.79 Å². The molecule has 0 bridgehead atoms. The summed E-state index contributed by atoms with van der Waals surface area (Å²) in [6, 6.07) is 11.3. The van der Waals surface area contributed by atoms with Gasteiger partial charge in [0.15, 0.2) is 0 Å². The first-order valence-corrected chi connectivity index (χ1v) is 8.61. The van der Waals surface area contributed by atoms with Crippen LogP contribution < -0.4 is 5.32 Å². The number of amides is 1. The minimum atomic E-state index is -0.118. The van der Waals surface area contributed by atoms with Crippen LogP contribution in [0.25, 0.3) is 0 Å². The molecule has 3 nitrogen and oxygen atoms in total. The highest BCUT2D eigenvalue weighted by molar-refractivity contribution is 7.10. The van der Waals surface area contributed by atoms with E-state index in [0.717, 1.165) is 26.1 Å². The summed E-state index contributed by atoms with van der Waals surface area (Å²) in [5.74, 6) is -0.118. The van der Waals surface area contributed by atoms with E-state index in [0.29, 0.717) is 17.1 Å². The van der Waals surface area contributed by atoms with Crippen molar-refractivity contribution in [3.63, 3.8) is 0 Å². The van der Waals surface area contributed by atoms with Crippen molar-refractivity contribution in [2.45, 2.75) is 18.3 Å². The van der Waals surface area contributed by atoms with Gasteiger partial charge in [0.2, 0.25) is 0 Å². The summed E-state index contributed by atoms with van der Waals surface area (Å²) in [5, 5.41) is 5.64. The molecule has 2 heterocycles. The standard InChI is InChI=1S/C17H18ClNO2S/c18-14-5-2-1-4-13(14)16(20)19-12-17(7-9-21-10-8-17)15-6-3-11-22-15/h1-6,11H,7-10,12H2,(H,19,20). The van der Waals surface area contributed by atoms with E-state index in [4.69, 9.17) is 16.3 Å². The lowest BCUT2D eigenvalue weighted by atomic mass is 9.78. The first-order chi connectivity index (χ1) is 10.7. The average Bonchev–Trinajstić information content (AvgIpc) is 3.09. The van der Waals surface area contributed by atoms with Gasteiger partial charge in [-0.1, -0.05) is 29.8 Å². The molecule has 1 N–H and O–H groups in total. The molecule has 1 aliphatic rings. The summed E-state index contributed by atoms with van der Waals surface area (Å²) < 4.78 is 5.50. The van der Waals surface area contributed by atoms with Crippen LogP contribution in [0.1, 0.15) is 28.1 Å². The number of carbonyl (C=O) groups excluding carboxylic acids is 1. The highest BCUT2D eigenvalue weighted by Crippen LogP contribution is 2.37. The molecule has 0 atom stereocenters. The van der Waals surface area contributed by atoms with Crippen LogP contribution in [0.4, 0.5) is 0 Å². The van der Waals surface area contributed by atoms with Crippen LogP contribution >= 0.6 is 22.9 Å². The molecular weight excluding hydrogens is 318 g/mol. The Morgan fingerprint density at radius 3 is 2.68 bits per heavy atom. The zero-order valence-corrected chi connectivity index (χ0v) is 13.8. The molecule has 3 rings (SSSR count). The van der Waals surface area contributed by atoms with Gasteiger partial charge in [-0.2, -0.15) is 0 Å². The Labute approximate surface area is 139 Å². The molecule has 5 heteroatoms.